The van der Waals surface area contributed by atoms with E-state index in [-0.39, 0.29) is 12.2 Å². The Morgan fingerprint density at radius 3 is 2.93 bits per heavy atom. The second-order valence-electron chi connectivity index (χ2n) is 4.64. The SMILES string of the molecule is CCCCC1=CC(C)(CCCO)OCC1. The Morgan fingerprint density at radius 2 is 2.27 bits per heavy atom. The maximum Gasteiger partial charge on any atom is 0.0838 e. The summed E-state index contributed by atoms with van der Waals surface area (Å²) in [7, 11) is 0. The van der Waals surface area contributed by atoms with Crippen molar-refractivity contribution in [3.63, 3.8) is 0 Å². The largest absolute Gasteiger partial charge is 0.396 e. The van der Waals surface area contributed by atoms with Gasteiger partial charge in [-0.25, -0.2) is 0 Å². The summed E-state index contributed by atoms with van der Waals surface area (Å²) in [5.41, 5.74) is 1.42. The van der Waals surface area contributed by atoms with E-state index in [4.69, 9.17) is 9.84 Å². The molecule has 1 atom stereocenters. The topological polar surface area (TPSA) is 29.5 Å². The van der Waals surface area contributed by atoms with Crippen molar-refractivity contribution in [1.82, 2.24) is 0 Å². The summed E-state index contributed by atoms with van der Waals surface area (Å²) >= 11 is 0. The van der Waals surface area contributed by atoms with E-state index in [9.17, 15) is 0 Å². The Kier molecular flexibility index (Phi) is 5.34. The second-order valence-corrected chi connectivity index (χ2v) is 4.64. The zero-order valence-electron chi connectivity index (χ0n) is 10.1. The number of ether oxygens (including phenoxy) is 1. The monoisotopic (exact) mass is 212 g/mol. The highest BCUT2D eigenvalue weighted by molar-refractivity contribution is 5.13. The predicted molar refractivity (Wildman–Crippen MR) is 62.9 cm³/mol. The molecule has 0 aromatic carbocycles. The molecule has 0 aliphatic carbocycles. The van der Waals surface area contributed by atoms with E-state index in [1.54, 1.807) is 5.57 Å². The van der Waals surface area contributed by atoms with Crippen molar-refractivity contribution in [1.29, 1.82) is 0 Å². The predicted octanol–water partition coefficient (Wildman–Crippen LogP) is 3.05. The lowest BCUT2D eigenvalue weighted by Crippen LogP contribution is -2.31. The van der Waals surface area contributed by atoms with Gasteiger partial charge in [-0.15, -0.1) is 0 Å². The van der Waals surface area contributed by atoms with Crippen LogP contribution in [0, 0.1) is 0 Å². The van der Waals surface area contributed by atoms with Gasteiger partial charge in [0.1, 0.15) is 0 Å². The lowest BCUT2D eigenvalue weighted by atomic mass is 9.91. The Morgan fingerprint density at radius 1 is 1.47 bits per heavy atom. The van der Waals surface area contributed by atoms with Gasteiger partial charge in [0.05, 0.1) is 12.2 Å². The first-order valence-electron chi connectivity index (χ1n) is 6.15. The fourth-order valence-electron chi connectivity index (χ4n) is 2.14. The van der Waals surface area contributed by atoms with E-state index in [2.05, 4.69) is 19.9 Å². The molecule has 0 saturated heterocycles. The molecule has 2 heteroatoms. The quantitative estimate of drug-likeness (QED) is 0.686. The number of hydrogen-bond donors (Lipinski definition) is 1. The van der Waals surface area contributed by atoms with Crippen molar-refractivity contribution in [2.24, 2.45) is 0 Å². The summed E-state index contributed by atoms with van der Waals surface area (Å²) in [6, 6.07) is 0. The van der Waals surface area contributed by atoms with E-state index in [1.807, 2.05) is 0 Å². The number of rotatable bonds is 6. The van der Waals surface area contributed by atoms with Crippen molar-refractivity contribution < 1.29 is 9.84 Å². The van der Waals surface area contributed by atoms with Crippen LogP contribution in [0.1, 0.15) is 52.4 Å². The highest BCUT2D eigenvalue weighted by Gasteiger charge is 2.25. The molecule has 1 aliphatic rings. The summed E-state index contributed by atoms with van der Waals surface area (Å²) in [5, 5.41) is 8.84. The van der Waals surface area contributed by atoms with Crippen LogP contribution in [0.4, 0.5) is 0 Å². The van der Waals surface area contributed by atoms with Gasteiger partial charge >= 0.3 is 0 Å². The number of aliphatic hydroxyl groups excluding tert-OH is 1. The van der Waals surface area contributed by atoms with Crippen LogP contribution >= 0.6 is 0 Å². The van der Waals surface area contributed by atoms with E-state index < -0.39 is 0 Å². The number of unbranched alkanes of at least 4 members (excludes halogenated alkanes) is 1. The van der Waals surface area contributed by atoms with Crippen LogP contribution in [0.2, 0.25) is 0 Å². The third-order valence-corrected chi connectivity index (χ3v) is 3.05. The van der Waals surface area contributed by atoms with Gasteiger partial charge in [0.2, 0.25) is 0 Å². The Balaban J connectivity index is 2.50. The van der Waals surface area contributed by atoms with Gasteiger partial charge in [-0.2, -0.15) is 0 Å². The summed E-state index contributed by atoms with van der Waals surface area (Å²) in [4.78, 5) is 0. The van der Waals surface area contributed by atoms with Crippen LogP contribution in [0.15, 0.2) is 11.6 Å². The molecule has 0 aromatic heterocycles. The summed E-state index contributed by atoms with van der Waals surface area (Å²) in [6.07, 6.45) is 8.89. The number of hydrogen-bond acceptors (Lipinski definition) is 2. The maximum atomic E-state index is 8.84. The van der Waals surface area contributed by atoms with E-state index in [0.717, 1.165) is 25.9 Å². The normalized spacial score (nSPS) is 26.5. The maximum absolute atomic E-state index is 8.84. The van der Waals surface area contributed by atoms with Crippen molar-refractivity contribution in [3.8, 4) is 0 Å². The van der Waals surface area contributed by atoms with Crippen molar-refractivity contribution >= 4 is 0 Å². The Bertz CT molecular complexity index is 211. The Hall–Kier alpha value is -0.340. The van der Waals surface area contributed by atoms with Gasteiger partial charge < -0.3 is 9.84 Å². The molecule has 1 unspecified atom stereocenters. The van der Waals surface area contributed by atoms with Crippen LogP contribution in [0.5, 0.6) is 0 Å². The third-order valence-electron chi connectivity index (χ3n) is 3.05. The molecule has 88 valence electrons. The van der Waals surface area contributed by atoms with Crippen molar-refractivity contribution in [3.05, 3.63) is 11.6 Å². The second kappa shape index (κ2) is 6.29. The average molecular weight is 212 g/mol. The van der Waals surface area contributed by atoms with E-state index in [0.29, 0.717) is 0 Å². The summed E-state index contributed by atoms with van der Waals surface area (Å²) in [5.74, 6) is 0. The molecular weight excluding hydrogens is 188 g/mol. The molecule has 1 rings (SSSR count). The Labute approximate surface area is 93.3 Å². The first-order valence-corrected chi connectivity index (χ1v) is 6.15. The fourth-order valence-corrected chi connectivity index (χ4v) is 2.14. The van der Waals surface area contributed by atoms with Crippen LogP contribution in [0.3, 0.4) is 0 Å². The van der Waals surface area contributed by atoms with E-state index in [1.165, 1.54) is 19.3 Å². The molecule has 1 N–H and O–H groups in total. The first kappa shape index (κ1) is 12.7. The molecule has 0 bridgehead atoms. The van der Waals surface area contributed by atoms with Crippen molar-refractivity contribution in [2.75, 3.05) is 13.2 Å². The third kappa shape index (κ3) is 4.35. The molecule has 0 aromatic rings. The molecule has 1 aliphatic heterocycles. The molecular formula is C13H24O2. The molecule has 1 heterocycles. The first-order chi connectivity index (χ1) is 7.20. The van der Waals surface area contributed by atoms with Crippen LogP contribution < -0.4 is 0 Å². The summed E-state index contributed by atoms with van der Waals surface area (Å²) < 4.78 is 5.79. The molecule has 0 amide bonds. The molecule has 15 heavy (non-hydrogen) atoms. The van der Waals surface area contributed by atoms with Gasteiger partial charge in [0, 0.05) is 6.61 Å². The molecule has 0 fully saturated rings. The molecule has 0 saturated carbocycles. The lowest BCUT2D eigenvalue weighted by Gasteiger charge is -2.32. The van der Waals surface area contributed by atoms with Crippen LogP contribution in [0.25, 0.3) is 0 Å². The standard InChI is InChI=1S/C13H24O2/c1-3-4-6-12-7-10-15-13(2,11-12)8-5-9-14/h11,14H,3-10H2,1-2H3. The molecule has 0 spiro atoms. The zero-order valence-corrected chi connectivity index (χ0v) is 10.1. The van der Waals surface area contributed by atoms with Crippen LogP contribution in [-0.4, -0.2) is 23.9 Å². The van der Waals surface area contributed by atoms with Gasteiger partial charge in [-0.05, 0) is 39.0 Å². The highest BCUT2D eigenvalue weighted by Crippen LogP contribution is 2.29. The minimum absolute atomic E-state index is 0.121. The average Bonchev–Trinajstić information content (AvgIpc) is 2.24. The van der Waals surface area contributed by atoms with Crippen molar-refractivity contribution in [2.45, 2.75) is 58.0 Å². The van der Waals surface area contributed by atoms with E-state index >= 15 is 0 Å². The minimum atomic E-state index is -0.121. The zero-order chi connectivity index (χ0) is 11.1. The van der Waals surface area contributed by atoms with Gasteiger partial charge in [-0.1, -0.05) is 25.0 Å². The minimum Gasteiger partial charge on any atom is -0.396 e. The molecule has 0 radical (unpaired) electrons. The number of aliphatic hydroxyl groups is 1. The van der Waals surface area contributed by atoms with Gasteiger partial charge in [0.15, 0.2) is 0 Å². The van der Waals surface area contributed by atoms with Gasteiger partial charge in [-0.3, -0.25) is 0 Å². The smallest absolute Gasteiger partial charge is 0.0838 e. The fraction of sp³-hybridized carbons (Fsp3) is 0.846. The summed E-state index contributed by atoms with van der Waals surface area (Å²) in [6.45, 7) is 5.47. The highest BCUT2D eigenvalue weighted by atomic mass is 16.5. The van der Waals surface area contributed by atoms with Gasteiger partial charge in [0.25, 0.3) is 0 Å². The van der Waals surface area contributed by atoms with Crippen LogP contribution in [-0.2, 0) is 4.74 Å². The lowest BCUT2D eigenvalue weighted by molar-refractivity contribution is -0.0130. The molecule has 2 nitrogen and oxygen atoms in total.